The molecule has 10 radical (unpaired) electrons. The Kier molecular flexibility index (Phi) is 13.9. The molecule has 1 atom stereocenters. The molecule has 2 aliphatic rings. The van der Waals surface area contributed by atoms with Crippen molar-refractivity contribution in [3.05, 3.63) is 124 Å². The maximum Gasteiger partial charge on any atom is 0 e. The zero-order valence-electron chi connectivity index (χ0n) is 15.9. The molecular weight excluding hydrogens is 387 g/mol. The van der Waals surface area contributed by atoms with Crippen molar-refractivity contribution < 1.29 is 17.1 Å². The summed E-state index contributed by atoms with van der Waals surface area (Å²) in [5, 5.41) is 2.89. The Labute approximate surface area is 180 Å². The van der Waals surface area contributed by atoms with Gasteiger partial charge in [0.1, 0.15) is 0 Å². The first-order valence-electron chi connectivity index (χ1n) is 9.01. The van der Waals surface area contributed by atoms with E-state index in [4.69, 9.17) is 0 Å². The fourth-order valence-electron chi connectivity index (χ4n) is 2.43. The van der Waals surface area contributed by atoms with Crippen molar-refractivity contribution in [2.75, 3.05) is 0 Å². The van der Waals surface area contributed by atoms with Crippen LogP contribution < -0.4 is 10.6 Å². The van der Waals surface area contributed by atoms with E-state index in [9.17, 15) is 0 Å². The molecule has 2 aromatic rings. The monoisotopic (exact) mass is 414 g/mol. The van der Waals surface area contributed by atoms with Gasteiger partial charge in [-0.2, -0.15) is 0 Å². The van der Waals surface area contributed by atoms with Crippen LogP contribution in [0.1, 0.15) is 25.3 Å². The zero-order chi connectivity index (χ0) is 18.5. The standard InChI is InChI=1S/C15H17P.2C5H5.Fe/c1-12(2)14-10-6-7-11-15(14)16-13-8-4-3-5-9-13;2*1-2-4-5-3-1;/h3-12,16H,1-2H3;2*1-5H;. The van der Waals surface area contributed by atoms with Gasteiger partial charge in [0.05, 0.1) is 0 Å². The van der Waals surface area contributed by atoms with Crippen molar-refractivity contribution in [3.8, 4) is 0 Å². The molecule has 0 spiro atoms. The van der Waals surface area contributed by atoms with Gasteiger partial charge in [-0.15, -0.1) is 0 Å². The minimum atomic E-state index is 0. The Hall–Kier alpha value is -0.611. The third-order valence-corrected chi connectivity index (χ3v) is 5.09. The maximum absolute atomic E-state index is 2.26. The van der Waals surface area contributed by atoms with E-state index in [1.54, 1.807) is 0 Å². The van der Waals surface area contributed by atoms with Crippen LogP contribution in [0, 0.1) is 64.2 Å². The van der Waals surface area contributed by atoms with Crippen molar-refractivity contribution in [1.29, 1.82) is 0 Å². The largest absolute Gasteiger partial charge is 0.0622 e. The average molecular weight is 414 g/mol. The SMILES string of the molecule is CC(C)c1ccccc1Pc1ccccc1.[CH]1[CH][CH][CH][CH]1.[CH]1[CH][CH][CH][CH]1.[Fe]. The number of benzene rings is 2. The van der Waals surface area contributed by atoms with Crippen molar-refractivity contribution in [3.63, 3.8) is 0 Å². The molecule has 2 aliphatic carbocycles. The smallest absolute Gasteiger partial charge is 0 e. The van der Waals surface area contributed by atoms with E-state index in [0.717, 1.165) is 8.58 Å². The van der Waals surface area contributed by atoms with Gasteiger partial charge in [-0.1, -0.05) is 77.0 Å². The molecule has 0 N–H and O–H groups in total. The van der Waals surface area contributed by atoms with E-state index < -0.39 is 0 Å². The topological polar surface area (TPSA) is 0 Å². The quantitative estimate of drug-likeness (QED) is 0.461. The molecule has 0 heterocycles. The van der Waals surface area contributed by atoms with Crippen LogP contribution in [0.3, 0.4) is 0 Å². The van der Waals surface area contributed by atoms with Gasteiger partial charge in [0.25, 0.3) is 0 Å². The van der Waals surface area contributed by atoms with Crippen LogP contribution in [0.15, 0.2) is 54.6 Å². The van der Waals surface area contributed by atoms with Crippen LogP contribution in [-0.2, 0) is 17.1 Å². The molecule has 4 rings (SSSR count). The molecule has 2 fully saturated rings. The molecule has 140 valence electrons. The summed E-state index contributed by atoms with van der Waals surface area (Å²) in [6.07, 6.45) is 20.0. The third-order valence-electron chi connectivity index (χ3n) is 3.75. The van der Waals surface area contributed by atoms with E-state index in [1.165, 1.54) is 16.2 Å². The van der Waals surface area contributed by atoms with E-state index in [1.807, 2.05) is 64.2 Å². The summed E-state index contributed by atoms with van der Waals surface area (Å²) in [4.78, 5) is 0. The predicted octanol–water partition coefficient (Wildman–Crippen LogP) is 5.48. The van der Waals surface area contributed by atoms with E-state index in [0.29, 0.717) is 5.92 Å². The van der Waals surface area contributed by atoms with E-state index >= 15 is 0 Å². The molecule has 0 saturated heterocycles. The first-order chi connectivity index (χ1) is 12.8. The van der Waals surface area contributed by atoms with Crippen molar-refractivity contribution in [1.82, 2.24) is 0 Å². The summed E-state index contributed by atoms with van der Waals surface area (Å²) in [5.74, 6) is 0.604. The molecule has 2 heteroatoms. The summed E-state index contributed by atoms with van der Waals surface area (Å²) >= 11 is 0. The van der Waals surface area contributed by atoms with Gasteiger partial charge in [0, 0.05) is 17.1 Å². The van der Waals surface area contributed by atoms with Gasteiger partial charge in [-0.25, -0.2) is 0 Å². The predicted molar refractivity (Wildman–Crippen MR) is 118 cm³/mol. The molecule has 1 unspecified atom stereocenters. The zero-order valence-corrected chi connectivity index (χ0v) is 18.0. The molecule has 0 aromatic heterocycles. The van der Waals surface area contributed by atoms with E-state index in [-0.39, 0.29) is 17.1 Å². The number of rotatable bonds is 3. The van der Waals surface area contributed by atoms with Gasteiger partial charge in [0.2, 0.25) is 0 Å². The van der Waals surface area contributed by atoms with Gasteiger partial charge in [0.15, 0.2) is 0 Å². The summed E-state index contributed by atoms with van der Waals surface area (Å²) < 4.78 is 0. The summed E-state index contributed by atoms with van der Waals surface area (Å²) in [6.45, 7) is 4.52. The molecular formula is C25H27FeP. The van der Waals surface area contributed by atoms with Gasteiger partial charge < -0.3 is 0 Å². The molecule has 0 amide bonds. The second kappa shape index (κ2) is 15.3. The third kappa shape index (κ3) is 10.5. The second-order valence-electron chi connectivity index (χ2n) is 6.16. The molecule has 2 saturated carbocycles. The van der Waals surface area contributed by atoms with Crippen molar-refractivity contribution in [2.24, 2.45) is 0 Å². The van der Waals surface area contributed by atoms with Crippen LogP contribution >= 0.6 is 8.58 Å². The Balaban J connectivity index is 0.000000270. The van der Waals surface area contributed by atoms with Gasteiger partial charge >= 0.3 is 0 Å². The summed E-state index contributed by atoms with van der Waals surface area (Å²) in [7, 11) is 0.768. The fourth-order valence-corrected chi connectivity index (χ4v) is 3.80. The number of hydrogen-bond acceptors (Lipinski definition) is 0. The second-order valence-corrected chi connectivity index (χ2v) is 7.52. The number of hydrogen-bond donors (Lipinski definition) is 0. The Morgan fingerprint density at radius 3 is 1.41 bits per heavy atom. The summed E-state index contributed by atoms with van der Waals surface area (Å²) in [6, 6.07) is 19.5. The minimum Gasteiger partial charge on any atom is -0.0622 e. The van der Waals surface area contributed by atoms with Crippen LogP contribution in [0.2, 0.25) is 0 Å². The Morgan fingerprint density at radius 2 is 0.963 bits per heavy atom. The molecule has 2 aromatic carbocycles. The van der Waals surface area contributed by atoms with E-state index in [2.05, 4.69) is 68.4 Å². The van der Waals surface area contributed by atoms with Gasteiger partial charge in [-0.3, -0.25) is 0 Å². The summed E-state index contributed by atoms with van der Waals surface area (Å²) in [5.41, 5.74) is 1.48. The fraction of sp³-hybridized carbons (Fsp3) is 0.120. The Morgan fingerprint density at radius 1 is 0.556 bits per heavy atom. The van der Waals surface area contributed by atoms with Crippen molar-refractivity contribution >= 4 is 19.2 Å². The normalized spacial score (nSPS) is 15.7. The van der Waals surface area contributed by atoms with Crippen LogP contribution in [0.4, 0.5) is 0 Å². The van der Waals surface area contributed by atoms with Gasteiger partial charge in [-0.05, 0) is 86.3 Å². The minimum absolute atomic E-state index is 0. The average Bonchev–Trinajstić information content (AvgIpc) is 3.41. The van der Waals surface area contributed by atoms with Crippen molar-refractivity contribution in [2.45, 2.75) is 19.8 Å². The molecule has 0 aliphatic heterocycles. The van der Waals surface area contributed by atoms with Crippen LogP contribution in [0.5, 0.6) is 0 Å². The Bertz CT molecular complexity index is 561. The van der Waals surface area contributed by atoms with Crippen LogP contribution in [-0.4, -0.2) is 0 Å². The molecule has 27 heavy (non-hydrogen) atoms. The van der Waals surface area contributed by atoms with Crippen LogP contribution in [0.25, 0.3) is 0 Å². The maximum atomic E-state index is 2.26. The molecule has 0 bridgehead atoms. The molecule has 0 nitrogen and oxygen atoms in total. The first-order valence-corrected chi connectivity index (χ1v) is 10.0. The first kappa shape index (κ1) is 24.4.